The summed E-state index contributed by atoms with van der Waals surface area (Å²) < 4.78 is 33.0. The Kier molecular flexibility index (Phi) is 5.24. The Bertz CT molecular complexity index is 867. The maximum Gasteiger partial charge on any atom is 0.242 e. The summed E-state index contributed by atoms with van der Waals surface area (Å²) in [7, 11) is -1.90. The molecule has 0 N–H and O–H groups in total. The number of sulfonamides is 1. The third-order valence-corrected chi connectivity index (χ3v) is 6.77. The van der Waals surface area contributed by atoms with Crippen molar-refractivity contribution >= 4 is 10.0 Å². The van der Waals surface area contributed by atoms with Crippen molar-refractivity contribution in [1.82, 2.24) is 4.31 Å². The van der Waals surface area contributed by atoms with Crippen LogP contribution in [0.25, 0.3) is 0 Å². The lowest BCUT2D eigenvalue weighted by Gasteiger charge is -2.28. The van der Waals surface area contributed by atoms with Crippen molar-refractivity contribution in [3.8, 4) is 0 Å². The average Bonchev–Trinajstić information content (AvgIpc) is 2.61. The van der Waals surface area contributed by atoms with Gasteiger partial charge in [0.15, 0.2) is 0 Å². The summed E-state index contributed by atoms with van der Waals surface area (Å²) in [4.78, 5) is 0.323. The van der Waals surface area contributed by atoms with E-state index in [2.05, 4.69) is 32.9 Å². The van der Waals surface area contributed by atoms with Crippen LogP contribution in [0, 0.1) is 0 Å². The van der Waals surface area contributed by atoms with Crippen LogP contribution in [0.1, 0.15) is 37.5 Å². The average molecular weight is 374 g/mol. The summed E-state index contributed by atoms with van der Waals surface area (Å²) in [6.45, 7) is 7.22. The lowest BCUT2D eigenvalue weighted by Crippen LogP contribution is -2.38. The van der Waals surface area contributed by atoms with Crippen molar-refractivity contribution in [2.24, 2.45) is 0 Å². The van der Waals surface area contributed by atoms with E-state index in [1.165, 1.54) is 15.4 Å². The minimum Gasteiger partial charge on any atom is -0.372 e. The van der Waals surface area contributed by atoms with Gasteiger partial charge in [-0.05, 0) is 34.2 Å². The number of ether oxygens (including phenoxy) is 1. The van der Waals surface area contributed by atoms with Crippen molar-refractivity contribution in [2.45, 2.75) is 50.2 Å². The molecule has 0 bridgehead atoms. The summed E-state index contributed by atoms with van der Waals surface area (Å²) in [6.07, 6.45) is 0.609. The molecule has 0 aromatic heterocycles. The van der Waals surface area contributed by atoms with Crippen molar-refractivity contribution < 1.29 is 13.2 Å². The van der Waals surface area contributed by atoms with Gasteiger partial charge in [-0.25, -0.2) is 8.42 Å². The van der Waals surface area contributed by atoms with Gasteiger partial charge < -0.3 is 4.74 Å². The molecule has 3 rings (SSSR count). The largest absolute Gasteiger partial charge is 0.372 e. The fourth-order valence-electron chi connectivity index (χ4n) is 3.22. The first-order chi connectivity index (χ1) is 12.2. The zero-order valence-electron chi connectivity index (χ0n) is 15.9. The zero-order valence-corrected chi connectivity index (χ0v) is 16.7. The molecule has 1 aliphatic rings. The van der Waals surface area contributed by atoms with Gasteiger partial charge in [0.05, 0.1) is 17.6 Å². The summed E-state index contributed by atoms with van der Waals surface area (Å²) in [5, 5.41) is 0. The van der Waals surface area contributed by atoms with Gasteiger partial charge in [-0.15, -0.1) is 0 Å². The lowest BCUT2D eigenvalue weighted by atomic mass is 9.87. The minimum absolute atomic E-state index is 0.00246. The summed E-state index contributed by atoms with van der Waals surface area (Å²) in [5.74, 6) is 0. The molecule has 2 aromatic rings. The molecule has 140 valence electrons. The van der Waals surface area contributed by atoms with Gasteiger partial charge in [-0.1, -0.05) is 57.2 Å². The van der Waals surface area contributed by atoms with Gasteiger partial charge >= 0.3 is 0 Å². The lowest BCUT2D eigenvalue weighted by molar-refractivity contribution is 0.0202. The summed E-state index contributed by atoms with van der Waals surface area (Å²) >= 11 is 0. The molecule has 0 radical (unpaired) electrons. The smallest absolute Gasteiger partial charge is 0.242 e. The summed E-state index contributed by atoms with van der Waals surface area (Å²) in [6, 6.07) is 15.3. The highest BCUT2D eigenvalue weighted by atomic mass is 32.2. The molecule has 1 aliphatic heterocycles. The van der Waals surface area contributed by atoms with Crippen LogP contribution in [0.5, 0.6) is 0 Å². The first-order valence-corrected chi connectivity index (χ1v) is 10.4. The third-order valence-electron chi connectivity index (χ3n) is 4.93. The van der Waals surface area contributed by atoms with Gasteiger partial charge in [0, 0.05) is 20.0 Å². The van der Waals surface area contributed by atoms with Crippen LogP contribution in [0.4, 0.5) is 0 Å². The van der Waals surface area contributed by atoms with Crippen LogP contribution in [-0.2, 0) is 33.2 Å². The van der Waals surface area contributed by atoms with Crippen LogP contribution in [0.3, 0.4) is 0 Å². The first-order valence-electron chi connectivity index (χ1n) is 8.93. The topological polar surface area (TPSA) is 46.6 Å². The fourth-order valence-corrected chi connectivity index (χ4v) is 4.42. The number of fused-ring (bicyclic) bond motifs is 1. The molecule has 26 heavy (non-hydrogen) atoms. The van der Waals surface area contributed by atoms with E-state index in [0.29, 0.717) is 18.0 Å². The van der Waals surface area contributed by atoms with E-state index in [-0.39, 0.29) is 11.5 Å². The maximum absolute atomic E-state index is 12.9. The molecule has 0 spiro atoms. The molecule has 0 saturated heterocycles. The highest BCUT2D eigenvalue weighted by Gasteiger charge is 2.27. The fraction of sp³-hybridized carbons (Fsp3) is 0.429. The van der Waals surface area contributed by atoms with Gasteiger partial charge in [-0.3, -0.25) is 0 Å². The molecule has 0 fully saturated rings. The molecular formula is C21H27NO3S. The molecule has 1 unspecified atom stereocenters. The first kappa shape index (κ1) is 19.1. The monoisotopic (exact) mass is 373 g/mol. The van der Waals surface area contributed by atoms with E-state index in [0.717, 1.165) is 12.0 Å². The van der Waals surface area contributed by atoms with Crippen molar-refractivity contribution in [3.63, 3.8) is 0 Å². The van der Waals surface area contributed by atoms with Crippen LogP contribution in [0.2, 0.25) is 0 Å². The van der Waals surface area contributed by atoms with Crippen LogP contribution < -0.4 is 0 Å². The molecule has 1 heterocycles. The second-order valence-electron chi connectivity index (χ2n) is 7.97. The number of rotatable bonds is 4. The van der Waals surface area contributed by atoms with Crippen molar-refractivity contribution in [3.05, 3.63) is 65.2 Å². The second kappa shape index (κ2) is 7.14. The maximum atomic E-state index is 12.9. The third kappa shape index (κ3) is 4.00. The van der Waals surface area contributed by atoms with E-state index in [1.807, 2.05) is 24.3 Å². The SMILES string of the molecule is CN(CC1Cc2ccccc2CO1)S(=O)(=O)c1ccc(C(C)(C)C)cc1. The Labute approximate surface area is 156 Å². The molecular weight excluding hydrogens is 346 g/mol. The van der Waals surface area contributed by atoms with Crippen LogP contribution in [0.15, 0.2) is 53.4 Å². The highest BCUT2D eigenvalue weighted by molar-refractivity contribution is 7.89. The number of hydrogen-bond acceptors (Lipinski definition) is 3. The number of likely N-dealkylation sites (N-methyl/N-ethyl adjacent to an activating group) is 1. The quantitative estimate of drug-likeness (QED) is 0.820. The Hall–Kier alpha value is -1.69. The Morgan fingerprint density at radius 1 is 1.04 bits per heavy atom. The predicted octanol–water partition coefficient (Wildman–Crippen LogP) is 3.75. The van der Waals surface area contributed by atoms with E-state index in [9.17, 15) is 8.42 Å². The van der Waals surface area contributed by atoms with E-state index >= 15 is 0 Å². The second-order valence-corrected chi connectivity index (χ2v) is 10.0. The van der Waals surface area contributed by atoms with E-state index < -0.39 is 10.0 Å². The Morgan fingerprint density at radius 2 is 1.65 bits per heavy atom. The Morgan fingerprint density at radius 3 is 2.27 bits per heavy atom. The molecule has 2 aromatic carbocycles. The molecule has 0 amide bonds. The molecule has 4 nitrogen and oxygen atoms in total. The molecule has 0 aliphatic carbocycles. The standard InChI is InChI=1S/C21H27NO3S/c1-21(2,3)18-9-11-20(12-10-18)26(23,24)22(4)14-19-13-16-7-5-6-8-17(16)15-25-19/h5-12,19H,13-15H2,1-4H3. The van der Waals surface area contributed by atoms with Gasteiger partial charge in [0.25, 0.3) is 0 Å². The molecule has 1 atom stereocenters. The van der Waals surface area contributed by atoms with Crippen molar-refractivity contribution in [1.29, 1.82) is 0 Å². The molecule has 5 heteroatoms. The predicted molar refractivity (Wildman–Crippen MR) is 104 cm³/mol. The van der Waals surface area contributed by atoms with E-state index in [1.54, 1.807) is 19.2 Å². The van der Waals surface area contributed by atoms with Gasteiger partial charge in [-0.2, -0.15) is 4.31 Å². The summed E-state index contributed by atoms with van der Waals surface area (Å²) in [5.41, 5.74) is 3.54. The Balaban J connectivity index is 1.72. The minimum atomic E-state index is -3.52. The van der Waals surface area contributed by atoms with Gasteiger partial charge in [0.2, 0.25) is 10.0 Å². The zero-order chi connectivity index (χ0) is 18.9. The van der Waals surface area contributed by atoms with Crippen molar-refractivity contribution in [2.75, 3.05) is 13.6 Å². The highest BCUT2D eigenvalue weighted by Crippen LogP contribution is 2.25. The van der Waals surface area contributed by atoms with E-state index in [4.69, 9.17) is 4.74 Å². The van der Waals surface area contributed by atoms with Crippen LogP contribution in [-0.4, -0.2) is 32.4 Å². The number of benzene rings is 2. The number of nitrogens with zero attached hydrogens (tertiary/aromatic N) is 1. The van der Waals surface area contributed by atoms with Gasteiger partial charge in [0.1, 0.15) is 0 Å². The molecule has 0 saturated carbocycles. The van der Waals surface area contributed by atoms with Crippen LogP contribution >= 0.6 is 0 Å². The number of hydrogen-bond donors (Lipinski definition) is 0. The normalized spacial score (nSPS) is 18.0.